The summed E-state index contributed by atoms with van der Waals surface area (Å²) in [4.78, 5) is 13.4. The maximum Gasteiger partial charge on any atom is 0.236 e. The molecule has 1 saturated heterocycles. The maximum atomic E-state index is 11.7. The molecule has 1 N–H and O–H groups in total. The summed E-state index contributed by atoms with van der Waals surface area (Å²) in [5.41, 5.74) is 0. The van der Waals surface area contributed by atoms with Crippen molar-refractivity contribution in [1.82, 2.24) is 10.2 Å². The quantitative estimate of drug-likeness (QED) is 0.746. The van der Waals surface area contributed by atoms with Crippen molar-refractivity contribution >= 4 is 5.91 Å². The summed E-state index contributed by atoms with van der Waals surface area (Å²) in [6.45, 7) is 7.28. The van der Waals surface area contributed by atoms with Gasteiger partial charge in [-0.2, -0.15) is 0 Å². The van der Waals surface area contributed by atoms with E-state index in [0.717, 1.165) is 13.0 Å². The normalized spacial score (nSPS) is 25.9. The molecule has 2 atom stereocenters. The number of amides is 1. The summed E-state index contributed by atoms with van der Waals surface area (Å²) in [5.74, 6) is 0.143. The minimum atomic E-state index is 0.143. The standard InChI is InChI=1S/C11H22N2O2/c1-8(2)13(4)11(14)7-12-10-5-6-15-9(10)3/h8-10,12H,5-7H2,1-4H3. The van der Waals surface area contributed by atoms with E-state index in [2.05, 4.69) is 5.32 Å². The van der Waals surface area contributed by atoms with Gasteiger partial charge in [0.05, 0.1) is 12.6 Å². The monoisotopic (exact) mass is 214 g/mol. The first kappa shape index (κ1) is 12.5. The topological polar surface area (TPSA) is 41.6 Å². The number of carbonyl (C=O) groups is 1. The number of likely N-dealkylation sites (N-methyl/N-ethyl adjacent to an activating group) is 1. The van der Waals surface area contributed by atoms with Gasteiger partial charge in [0.1, 0.15) is 0 Å². The second kappa shape index (κ2) is 5.47. The number of nitrogens with zero attached hydrogens (tertiary/aromatic N) is 1. The van der Waals surface area contributed by atoms with Gasteiger partial charge in [0.15, 0.2) is 0 Å². The Balaban J connectivity index is 2.27. The minimum absolute atomic E-state index is 0.143. The van der Waals surface area contributed by atoms with Crippen LogP contribution in [0.25, 0.3) is 0 Å². The molecule has 1 fully saturated rings. The molecule has 4 heteroatoms. The molecule has 1 amide bonds. The van der Waals surface area contributed by atoms with Gasteiger partial charge >= 0.3 is 0 Å². The Morgan fingerprint density at radius 1 is 1.60 bits per heavy atom. The van der Waals surface area contributed by atoms with Gasteiger partial charge in [0.25, 0.3) is 0 Å². The van der Waals surface area contributed by atoms with E-state index < -0.39 is 0 Å². The lowest BCUT2D eigenvalue weighted by Gasteiger charge is -2.23. The van der Waals surface area contributed by atoms with Crippen molar-refractivity contribution in [3.05, 3.63) is 0 Å². The van der Waals surface area contributed by atoms with Crippen LogP contribution in [0.15, 0.2) is 0 Å². The van der Waals surface area contributed by atoms with E-state index in [-0.39, 0.29) is 18.1 Å². The van der Waals surface area contributed by atoms with E-state index in [0.29, 0.717) is 12.6 Å². The average molecular weight is 214 g/mol. The average Bonchev–Trinajstić information content (AvgIpc) is 2.59. The Morgan fingerprint density at radius 2 is 2.27 bits per heavy atom. The minimum Gasteiger partial charge on any atom is -0.377 e. The molecule has 4 nitrogen and oxygen atoms in total. The molecule has 88 valence electrons. The van der Waals surface area contributed by atoms with Crippen LogP contribution in [-0.2, 0) is 9.53 Å². The van der Waals surface area contributed by atoms with Crippen LogP contribution in [0.4, 0.5) is 0 Å². The fourth-order valence-corrected chi connectivity index (χ4v) is 1.63. The van der Waals surface area contributed by atoms with Gasteiger partial charge in [0, 0.05) is 25.7 Å². The molecule has 15 heavy (non-hydrogen) atoms. The van der Waals surface area contributed by atoms with E-state index in [1.165, 1.54) is 0 Å². The summed E-state index contributed by atoms with van der Waals surface area (Å²) in [6, 6.07) is 0.589. The van der Waals surface area contributed by atoms with Crippen molar-refractivity contribution in [1.29, 1.82) is 0 Å². The third-order valence-electron chi connectivity index (χ3n) is 3.06. The van der Waals surface area contributed by atoms with E-state index in [1.807, 2.05) is 27.8 Å². The Labute approximate surface area is 92.0 Å². The van der Waals surface area contributed by atoms with Gasteiger partial charge in [-0.15, -0.1) is 0 Å². The zero-order valence-corrected chi connectivity index (χ0v) is 10.1. The maximum absolute atomic E-state index is 11.7. The first-order valence-corrected chi connectivity index (χ1v) is 5.63. The van der Waals surface area contributed by atoms with Crippen molar-refractivity contribution in [3.63, 3.8) is 0 Å². The Hall–Kier alpha value is -0.610. The number of nitrogens with one attached hydrogen (secondary N) is 1. The van der Waals surface area contributed by atoms with Gasteiger partial charge in [-0.3, -0.25) is 4.79 Å². The molecule has 1 aliphatic rings. The molecule has 0 aliphatic carbocycles. The molecule has 0 bridgehead atoms. The fraction of sp³-hybridized carbons (Fsp3) is 0.909. The molecule has 0 aromatic heterocycles. The van der Waals surface area contributed by atoms with E-state index in [9.17, 15) is 4.79 Å². The number of hydrogen-bond acceptors (Lipinski definition) is 3. The third-order valence-corrected chi connectivity index (χ3v) is 3.06. The smallest absolute Gasteiger partial charge is 0.236 e. The van der Waals surface area contributed by atoms with Gasteiger partial charge in [0.2, 0.25) is 5.91 Å². The van der Waals surface area contributed by atoms with Crippen LogP contribution in [0, 0.1) is 0 Å². The van der Waals surface area contributed by atoms with Crippen LogP contribution in [0.1, 0.15) is 27.2 Å². The number of hydrogen-bond donors (Lipinski definition) is 1. The van der Waals surface area contributed by atoms with Crippen LogP contribution >= 0.6 is 0 Å². The van der Waals surface area contributed by atoms with Crippen LogP contribution in [-0.4, -0.2) is 49.2 Å². The van der Waals surface area contributed by atoms with Gasteiger partial charge in [-0.1, -0.05) is 0 Å². The lowest BCUT2D eigenvalue weighted by atomic mass is 10.1. The zero-order chi connectivity index (χ0) is 11.4. The van der Waals surface area contributed by atoms with E-state index in [4.69, 9.17) is 4.74 Å². The van der Waals surface area contributed by atoms with Crippen molar-refractivity contribution < 1.29 is 9.53 Å². The Morgan fingerprint density at radius 3 is 2.73 bits per heavy atom. The lowest BCUT2D eigenvalue weighted by Crippen LogP contribution is -2.44. The summed E-state index contributed by atoms with van der Waals surface area (Å²) in [5, 5.41) is 3.25. The Kier molecular flexibility index (Phi) is 4.54. The zero-order valence-electron chi connectivity index (χ0n) is 10.1. The van der Waals surface area contributed by atoms with Gasteiger partial charge < -0.3 is 15.0 Å². The highest BCUT2D eigenvalue weighted by molar-refractivity contribution is 5.78. The molecule has 1 heterocycles. The first-order valence-electron chi connectivity index (χ1n) is 5.63. The molecule has 2 unspecified atom stereocenters. The van der Waals surface area contributed by atoms with Crippen LogP contribution in [0.3, 0.4) is 0 Å². The largest absolute Gasteiger partial charge is 0.377 e. The second-order valence-electron chi connectivity index (χ2n) is 4.45. The van der Waals surface area contributed by atoms with Gasteiger partial charge in [-0.05, 0) is 27.2 Å². The highest BCUT2D eigenvalue weighted by Crippen LogP contribution is 2.12. The molecule has 1 rings (SSSR count). The van der Waals surface area contributed by atoms with Crippen molar-refractivity contribution in [2.45, 2.75) is 45.4 Å². The van der Waals surface area contributed by atoms with Crippen molar-refractivity contribution in [2.75, 3.05) is 20.2 Å². The SMILES string of the molecule is CC1OCCC1NCC(=O)N(C)C(C)C. The molecule has 1 aliphatic heterocycles. The first-order chi connectivity index (χ1) is 7.02. The molecule has 0 spiro atoms. The lowest BCUT2D eigenvalue weighted by molar-refractivity contribution is -0.130. The third kappa shape index (κ3) is 3.47. The summed E-state index contributed by atoms with van der Waals surface area (Å²) in [6.07, 6.45) is 1.22. The molecule has 0 saturated carbocycles. The summed E-state index contributed by atoms with van der Waals surface area (Å²) >= 11 is 0. The highest BCUT2D eigenvalue weighted by atomic mass is 16.5. The highest BCUT2D eigenvalue weighted by Gasteiger charge is 2.24. The Bertz CT molecular complexity index is 219. The molecular formula is C11H22N2O2. The number of ether oxygens (including phenoxy) is 1. The molecule has 0 aromatic carbocycles. The second-order valence-corrected chi connectivity index (χ2v) is 4.45. The van der Waals surface area contributed by atoms with E-state index in [1.54, 1.807) is 4.90 Å². The van der Waals surface area contributed by atoms with Gasteiger partial charge in [-0.25, -0.2) is 0 Å². The molecule has 0 aromatic rings. The van der Waals surface area contributed by atoms with E-state index >= 15 is 0 Å². The van der Waals surface area contributed by atoms with Crippen molar-refractivity contribution in [3.8, 4) is 0 Å². The van der Waals surface area contributed by atoms with Crippen LogP contribution in [0.5, 0.6) is 0 Å². The number of carbonyl (C=O) groups excluding carboxylic acids is 1. The van der Waals surface area contributed by atoms with Crippen molar-refractivity contribution in [2.24, 2.45) is 0 Å². The summed E-state index contributed by atoms with van der Waals surface area (Å²) in [7, 11) is 1.84. The fourth-order valence-electron chi connectivity index (χ4n) is 1.63. The molecule has 0 radical (unpaired) electrons. The predicted molar refractivity (Wildman–Crippen MR) is 59.7 cm³/mol. The predicted octanol–water partition coefficient (Wildman–Crippen LogP) is 0.620. The van der Waals surface area contributed by atoms with Crippen LogP contribution in [0.2, 0.25) is 0 Å². The number of rotatable bonds is 4. The molecular weight excluding hydrogens is 192 g/mol. The van der Waals surface area contributed by atoms with Crippen LogP contribution < -0.4 is 5.32 Å². The summed E-state index contributed by atoms with van der Waals surface area (Å²) < 4.78 is 5.42.